The van der Waals surface area contributed by atoms with E-state index in [9.17, 15) is 0 Å². The van der Waals surface area contributed by atoms with Crippen LogP contribution in [0.2, 0.25) is 0 Å². The van der Waals surface area contributed by atoms with Crippen LogP contribution in [-0.4, -0.2) is 0 Å². The lowest BCUT2D eigenvalue weighted by Gasteiger charge is -1.81. The molecule has 0 amide bonds. The van der Waals surface area contributed by atoms with Gasteiger partial charge in [0.15, 0.2) is 0 Å². The third-order valence-electron chi connectivity index (χ3n) is 0.787. The molecular weight excluding hydrogens is 108 g/mol. The molecule has 0 heterocycles. The third kappa shape index (κ3) is 3.37. The van der Waals surface area contributed by atoms with Crippen LogP contribution in [0.1, 0.15) is 6.92 Å². The molecule has 0 atom stereocenters. The van der Waals surface area contributed by atoms with Gasteiger partial charge in [-0.15, -0.1) is 5.92 Å². The first kappa shape index (κ1) is 7.78. The number of allylic oxidation sites excluding steroid dienone is 4. The van der Waals surface area contributed by atoms with Crippen molar-refractivity contribution in [3.63, 3.8) is 0 Å². The maximum Gasteiger partial charge on any atom is 0.0239 e. The van der Waals surface area contributed by atoms with E-state index in [4.69, 9.17) is 0 Å². The van der Waals surface area contributed by atoms with Crippen LogP contribution in [0.4, 0.5) is 0 Å². The van der Waals surface area contributed by atoms with Crippen LogP contribution in [-0.2, 0) is 0 Å². The Labute approximate surface area is 56.6 Å². The highest BCUT2D eigenvalue weighted by Gasteiger charge is 1.75. The molecule has 0 saturated carbocycles. The molecule has 0 radical (unpaired) electrons. The zero-order chi connectivity index (χ0) is 7.11. The maximum absolute atomic E-state index is 3.58. The van der Waals surface area contributed by atoms with Gasteiger partial charge in [0.1, 0.15) is 0 Å². The second-order valence-corrected chi connectivity index (χ2v) is 1.44. The smallest absolute Gasteiger partial charge is 0.0239 e. The van der Waals surface area contributed by atoms with Crippen molar-refractivity contribution in [2.24, 2.45) is 0 Å². The van der Waals surface area contributed by atoms with Gasteiger partial charge in [0.25, 0.3) is 0 Å². The Morgan fingerprint density at radius 2 is 2.11 bits per heavy atom. The Balaban J connectivity index is 4.26. The summed E-state index contributed by atoms with van der Waals surface area (Å²) in [7, 11) is 0. The molecule has 0 aliphatic carbocycles. The molecule has 0 aromatic rings. The fourth-order valence-electron chi connectivity index (χ4n) is 0.432. The van der Waals surface area contributed by atoms with E-state index in [1.807, 2.05) is 6.08 Å². The van der Waals surface area contributed by atoms with Crippen molar-refractivity contribution in [1.29, 1.82) is 0 Å². The van der Waals surface area contributed by atoms with Crippen molar-refractivity contribution in [2.75, 3.05) is 0 Å². The zero-order valence-corrected chi connectivity index (χ0v) is 5.65. The van der Waals surface area contributed by atoms with Gasteiger partial charge in [0.2, 0.25) is 0 Å². The molecule has 9 heavy (non-hydrogen) atoms. The van der Waals surface area contributed by atoms with Crippen LogP contribution < -0.4 is 0 Å². The lowest BCUT2D eigenvalue weighted by Crippen LogP contribution is -1.66. The normalized spacial score (nSPS) is 9.22. The van der Waals surface area contributed by atoms with E-state index in [-0.39, 0.29) is 0 Å². The molecule has 0 fully saturated rings. The summed E-state index contributed by atoms with van der Waals surface area (Å²) in [6, 6.07) is 0. The molecule has 0 aromatic heterocycles. The Hall–Kier alpha value is -1.22. The van der Waals surface area contributed by atoms with Crippen LogP contribution >= 0.6 is 0 Å². The fourth-order valence-corrected chi connectivity index (χ4v) is 0.432. The zero-order valence-electron chi connectivity index (χ0n) is 5.65. The standard InChI is InChI=1S/C9H10/c1-4-7-9(6-3)8-5-2/h4,6-7H,1,3H2,2H3/b9-7+. The predicted molar refractivity (Wildman–Crippen MR) is 41.9 cm³/mol. The number of rotatable bonds is 2. The molecule has 46 valence electrons. The highest BCUT2D eigenvalue weighted by atomic mass is 13.8. The topological polar surface area (TPSA) is 0 Å². The molecule has 0 aromatic carbocycles. The van der Waals surface area contributed by atoms with Crippen molar-refractivity contribution in [3.8, 4) is 11.8 Å². The average molecular weight is 118 g/mol. The van der Waals surface area contributed by atoms with Gasteiger partial charge in [0.05, 0.1) is 0 Å². The quantitative estimate of drug-likeness (QED) is 0.385. The second kappa shape index (κ2) is 4.93. The van der Waals surface area contributed by atoms with Gasteiger partial charge in [-0.1, -0.05) is 31.2 Å². The lowest BCUT2D eigenvalue weighted by atomic mass is 10.2. The Bertz CT molecular complexity index is 184. The van der Waals surface area contributed by atoms with Crippen molar-refractivity contribution < 1.29 is 0 Å². The molecule has 0 heteroatoms. The first-order valence-electron chi connectivity index (χ1n) is 2.73. The first-order valence-corrected chi connectivity index (χ1v) is 2.73. The first-order chi connectivity index (χ1) is 4.35. The average Bonchev–Trinajstić information content (AvgIpc) is 1.88. The summed E-state index contributed by atoms with van der Waals surface area (Å²) >= 11 is 0. The summed E-state index contributed by atoms with van der Waals surface area (Å²) in [5.41, 5.74) is 0.910. The molecule has 0 N–H and O–H groups in total. The lowest BCUT2D eigenvalue weighted by molar-refractivity contribution is 1.77. The molecule has 0 aliphatic rings. The number of hydrogen-bond acceptors (Lipinski definition) is 0. The van der Waals surface area contributed by atoms with Crippen molar-refractivity contribution in [3.05, 3.63) is 37.0 Å². The number of hydrogen-bond donors (Lipinski definition) is 0. The van der Waals surface area contributed by atoms with E-state index in [1.165, 1.54) is 0 Å². The Morgan fingerprint density at radius 3 is 2.44 bits per heavy atom. The minimum absolute atomic E-state index is 0.910. The fraction of sp³-hybridized carbons (Fsp3) is 0.111. The second-order valence-electron chi connectivity index (χ2n) is 1.44. The monoisotopic (exact) mass is 118 g/mol. The molecule has 0 nitrogen and oxygen atoms in total. The van der Waals surface area contributed by atoms with Crippen LogP contribution in [0.3, 0.4) is 0 Å². The van der Waals surface area contributed by atoms with Crippen molar-refractivity contribution >= 4 is 0 Å². The minimum Gasteiger partial charge on any atom is -0.101 e. The van der Waals surface area contributed by atoms with E-state index in [1.54, 1.807) is 19.1 Å². The molecular formula is C9H10. The Morgan fingerprint density at radius 1 is 1.44 bits per heavy atom. The highest BCUT2D eigenvalue weighted by molar-refractivity contribution is 5.38. The van der Waals surface area contributed by atoms with E-state index >= 15 is 0 Å². The van der Waals surface area contributed by atoms with Crippen LogP contribution in [0.15, 0.2) is 37.0 Å². The molecule has 0 rings (SSSR count). The van der Waals surface area contributed by atoms with E-state index in [0.29, 0.717) is 0 Å². The van der Waals surface area contributed by atoms with E-state index in [2.05, 4.69) is 25.0 Å². The summed E-state index contributed by atoms with van der Waals surface area (Å²) in [6.45, 7) is 8.91. The highest BCUT2D eigenvalue weighted by Crippen LogP contribution is 1.91. The van der Waals surface area contributed by atoms with Crippen molar-refractivity contribution in [2.45, 2.75) is 6.92 Å². The van der Waals surface area contributed by atoms with Gasteiger partial charge in [0, 0.05) is 5.57 Å². The third-order valence-corrected chi connectivity index (χ3v) is 0.787. The van der Waals surface area contributed by atoms with Gasteiger partial charge in [-0.25, -0.2) is 0 Å². The van der Waals surface area contributed by atoms with Crippen LogP contribution in [0.5, 0.6) is 0 Å². The minimum atomic E-state index is 0.910. The van der Waals surface area contributed by atoms with E-state index in [0.717, 1.165) is 5.57 Å². The van der Waals surface area contributed by atoms with Gasteiger partial charge in [-0.2, -0.15) is 0 Å². The maximum atomic E-state index is 3.58. The SMILES string of the molecule is C=C/C=C(/C#CC)C=C. The molecule has 0 unspecified atom stereocenters. The van der Waals surface area contributed by atoms with Crippen molar-refractivity contribution in [1.82, 2.24) is 0 Å². The molecule has 0 saturated heterocycles. The van der Waals surface area contributed by atoms with Crippen LogP contribution in [0.25, 0.3) is 0 Å². The van der Waals surface area contributed by atoms with Gasteiger partial charge >= 0.3 is 0 Å². The summed E-state index contributed by atoms with van der Waals surface area (Å²) in [5, 5.41) is 0. The van der Waals surface area contributed by atoms with Crippen LogP contribution in [0, 0.1) is 11.8 Å². The van der Waals surface area contributed by atoms with Gasteiger partial charge < -0.3 is 0 Å². The molecule has 0 spiro atoms. The summed E-state index contributed by atoms with van der Waals surface area (Å²) in [5.74, 6) is 5.62. The summed E-state index contributed by atoms with van der Waals surface area (Å²) in [4.78, 5) is 0. The summed E-state index contributed by atoms with van der Waals surface area (Å²) in [6.07, 6.45) is 5.23. The van der Waals surface area contributed by atoms with Gasteiger partial charge in [-0.05, 0) is 13.0 Å². The molecule has 0 bridgehead atoms. The summed E-state index contributed by atoms with van der Waals surface area (Å²) < 4.78 is 0. The predicted octanol–water partition coefficient (Wildman–Crippen LogP) is 2.31. The largest absolute Gasteiger partial charge is 0.101 e. The van der Waals surface area contributed by atoms with Gasteiger partial charge in [-0.3, -0.25) is 0 Å². The Kier molecular flexibility index (Phi) is 4.26. The molecule has 0 aliphatic heterocycles. The van der Waals surface area contributed by atoms with E-state index < -0.39 is 0 Å².